The Morgan fingerprint density at radius 1 is 1.22 bits per heavy atom. The molecule has 23 heavy (non-hydrogen) atoms. The average Bonchev–Trinajstić information content (AvgIpc) is 2.99. The van der Waals surface area contributed by atoms with Crippen LogP contribution in [0.5, 0.6) is 5.75 Å². The fourth-order valence-electron chi connectivity index (χ4n) is 2.77. The lowest BCUT2D eigenvalue weighted by atomic mass is 10.1. The van der Waals surface area contributed by atoms with Crippen molar-refractivity contribution in [3.63, 3.8) is 0 Å². The Hall–Kier alpha value is -2.07. The Bertz CT molecular complexity index is 713. The maximum Gasteiger partial charge on any atom is 0.255 e. The number of halogens is 2. The lowest BCUT2D eigenvalue weighted by Crippen LogP contribution is -2.29. The monoisotopic (exact) mass is 333 g/mol. The molecule has 3 rings (SSSR count). The standard InChI is InChI=1S/C18H17ClFNO2/c19-15-5-2-6-16(20)17(15)18(22)21-9-10-23-14-8-7-12-3-1-4-13(12)11-14/h2,5-8,11H,1,3-4,9-10H2,(H,21,22). The Morgan fingerprint density at radius 2 is 2.04 bits per heavy atom. The van der Waals surface area contributed by atoms with Crippen molar-refractivity contribution in [1.82, 2.24) is 5.32 Å². The van der Waals surface area contributed by atoms with Gasteiger partial charge < -0.3 is 10.1 Å². The van der Waals surface area contributed by atoms with E-state index in [0.29, 0.717) is 6.61 Å². The third-order valence-electron chi connectivity index (χ3n) is 3.92. The Kier molecular flexibility index (Phi) is 4.82. The highest BCUT2D eigenvalue weighted by atomic mass is 35.5. The number of benzene rings is 2. The van der Waals surface area contributed by atoms with E-state index in [4.69, 9.17) is 16.3 Å². The zero-order valence-corrected chi connectivity index (χ0v) is 13.3. The Balaban J connectivity index is 1.51. The van der Waals surface area contributed by atoms with E-state index in [1.165, 1.54) is 35.7 Å². The van der Waals surface area contributed by atoms with Crippen molar-refractivity contribution in [3.8, 4) is 5.75 Å². The molecule has 0 aliphatic heterocycles. The van der Waals surface area contributed by atoms with E-state index < -0.39 is 11.7 Å². The summed E-state index contributed by atoms with van der Waals surface area (Å²) in [5.41, 5.74) is 2.59. The molecule has 2 aromatic carbocycles. The van der Waals surface area contributed by atoms with Gasteiger partial charge in [0.2, 0.25) is 0 Å². The first-order valence-corrected chi connectivity index (χ1v) is 8.00. The Labute approximate surface area is 139 Å². The van der Waals surface area contributed by atoms with Gasteiger partial charge in [0.05, 0.1) is 17.1 Å². The summed E-state index contributed by atoms with van der Waals surface area (Å²) >= 11 is 5.86. The van der Waals surface area contributed by atoms with Crippen molar-refractivity contribution in [1.29, 1.82) is 0 Å². The molecule has 3 nitrogen and oxygen atoms in total. The summed E-state index contributed by atoms with van der Waals surface area (Å²) in [6.07, 6.45) is 3.42. The van der Waals surface area contributed by atoms with Crippen LogP contribution in [0, 0.1) is 5.82 Å². The SMILES string of the molecule is O=C(NCCOc1ccc2c(c1)CCC2)c1c(F)cccc1Cl. The highest BCUT2D eigenvalue weighted by molar-refractivity contribution is 6.33. The number of rotatable bonds is 5. The molecule has 0 saturated heterocycles. The topological polar surface area (TPSA) is 38.3 Å². The summed E-state index contributed by atoms with van der Waals surface area (Å²) in [5, 5.41) is 2.71. The normalized spacial score (nSPS) is 12.8. The van der Waals surface area contributed by atoms with Crippen LogP contribution >= 0.6 is 11.6 Å². The number of hydrogen-bond acceptors (Lipinski definition) is 2. The van der Waals surface area contributed by atoms with Gasteiger partial charge in [0, 0.05) is 0 Å². The molecular weight excluding hydrogens is 317 g/mol. The van der Waals surface area contributed by atoms with Crippen LogP contribution in [0.3, 0.4) is 0 Å². The highest BCUT2D eigenvalue weighted by Gasteiger charge is 2.15. The highest BCUT2D eigenvalue weighted by Crippen LogP contribution is 2.26. The van der Waals surface area contributed by atoms with E-state index in [-0.39, 0.29) is 17.1 Å². The molecule has 0 spiro atoms. The number of carbonyl (C=O) groups is 1. The molecule has 0 atom stereocenters. The number of aryl methyl sites for hydroxylation is 2. The third-order valence-corrected chi connectivity index (χ3v) is 4.23. The van der Waals surface area contributed by atoms with Crippen molar-refractivity contribution in [2.45, 2.75) is 19.3 Å². The van der Waals surface area contributed by atoms with Gasteiger partial charge in [0.25, 0.3) is 5.91 Å². The van der Waals surface area contributed by atoms with Gasteiger partial charge in [-0.05, 0) is 54.7 Å². The van der Waals surface area contributed by atoms with Crippen LogP contribution in [-0.2, 0) is 12.8 Å². The second-order valence-electron chi connectivity index (χ2n) is 5.49. The van der Waals surface area contributed by atoms with Crippen LogP contribution in [0.1, 0.15) is 27.9 Å². The molecule has 0 fully saturated rings. The second-order valence-corrected chi connectivity index (χ2v) is 5.89. The second kappa shape index (κ2) is 7.01. The summed E-state index contributed by atoms with van der Waals surface area (Å²) in [7, 11) is 0. The molecule has 2 aromatic rings. The van der Waals surface area contributed by atoms with Gasteiger partial charge in [-0.15, -0.1) is 0 Å². The average molecular weight is 334 g/mol. The van der Waals surface area contributed by atoms with Gasteiger partial charge in [-0.25, -0.2) is 4.39 Å². The zero-order valence-electron chi connectivity index (χ0n) is 12.6. The summed E-state index contributed by atoms with van der Waals surface area (Å²) in [4.78, 5) is 12.0. The van der Waals surface area contributed by atoms with Crippen molar-refractivity contribution in [2.75, 3.05) is 13.2 Å². The van der Waals surface area contributed by atoms with Crippen LogP contribution in [0.4, 0.5) is 4.39 Å². The maximum atomic E-state index is 13.6. The zero-order chi connectivity index (χ0) is 16.2. The van der Waals surface area contributed by atoms with Gasteiger partial charge in [-0.2, -0.15) is 0 Å². The quantitative estimate of drug-likeness (QED) is 0.846. The van der Waals surface area contributed by atoms with Crippen molar-refractivity contribution >= 4 is 17.5 Å². The predicted octanol–water partition coefficient (Wildman–Crippen LogP) is 3.78. The van der Waals surface area contributed by atoms with Crippen molar-refractivity contribution in [3.05, 3.63) is 63.9 Å². The Morgan fingerprint density at radius 3 is 2.87 bits per heavy atom. The molecule has 1 N–H and O–H groups in total. The molecule has 0 aromatic heterocycles. The van der Waals surface area contributed by atoms with E-state index in [1.807, 2.05) is 6.07 Å². The van der Waals surface area contributed by atoms with E-state index in [1.54, 1.807) is 0 Å². The van der Waals surface area contributed by atoms with Crippen molar-refractivity contribution in [2.24, 2.45) is 0 Å². The lowest BCUT2D eigenvalue weighted by molar-refractivity contribution is 0.0943. The van der Waals surface area contributed by atoms with Crippen LogP contribution < -0.4 is 10.1 Å². The first-order chi connectivity index (χ1) is 11.1. The lowest BCUT2D eigenvalue weighted by Gasteiger charge is -2.10. The summed E-state index contributed by atoms with van der Waals surface area (Å²) in [5.74, 6) is -0.371. The number of carbonyl (C=O) groups excluding carboxylic acids is 1. The summed E-state index contributed by atoms with van der Waals surface area (Å²) in [6.45, 7) is 0.594. The van der Waals surface area contributed by atoms with Crippen molar-refractivity contribution < 1.29 is 13.9 Å². The van der Waals surface area contributed by atoms with Crippen LogP contribution in [-0.4, -0.2) is 19.1 Å². The molecule has 0 bridgehead atoms. The molecule has 5 heteroatoms. The largest absolute Gasteiger partial charge is 0.492 e. The van der Waals surface area contributed by atoms with Gasteiger partial charge in [0.1, 0.15) is 18.2 Å². The molecular formula is C18H17ClFNO2. The van der Waals surface area contributed by atoms with E-state index in [9.17, 15) is 9.18 Å². The molecule has 1 aliphatic rings. The van der Waals surface area contributed by atoms with Gasteiger partial charge in [-0.1, -0.05) is 23.7 Å². The van der Waals surface area contributed by atoms with Gasteiger partial charge in [0.15, 0.2) is 0 Å². The molecule has 0 radical (unpaired) electrons. The number of ether oxygens (including phenoxy) is 1. The van der Waals surface area contributed by atoms with E-state index in [0.717, 1.165) is 18.6 Å². The number of amides is 1. The molecule has 0 saturated carbocycles. The minimum absolute atomic E-state index is 0.0991. The minimum Gasteiger partial charge on any atom is -0.492 e. The number of nitrogens with one attached hydrogen (secondary N) is 1. The summed E-state index contributed by atoms with van der Waals surface area (Å²) in [6, 6.07) is 10.3. The number of hydrogen-bond donors (Lipinski definition) is 1. The fraction of sp³-hybridized carbons (Fsp3) is 0.278. The summed E-state index contributed by atoms with van der Waals surface area (Å²) < 4.78 is 19.3. The van der Waals surface area contributed by atoms with Gasteiger partial charge in [-0.3, -0.25) is 4.79 Å². The predicted molar refractivity (Wildman–Crippen MR) is 87.7 cm³/mol. The van der Waals surface area contributed by atoms with Crippen LogP contribution in [0.25, 0.3) is 0 Å². The molecule has 0 unspecified atom stereocenters. The third kappa shape index (κ3) is 3.64. The molecule has 1 aliphatic carbocycles. The van der Waals surface area contributed by atoms with Crippen LogP contribution in [0.15, 0.2) is 36.4 Å². The smallest absolute Gasteiger partial charge is 0.255 e. The fourth-order valence-corrected chi connectivity index (χ4v) is 3.02. The maximum absolute atomic E-state index is 13.6. The molecule has 0 heterocycles. The van der Waals surface area contributed by atoms with E-state index >= 15 is 0 Å². The van der Waals surface area contributed by atoms with Gasteiger partial charge >= 0.3 is 0 Å². The minimum atomic E-state index is -0.630. The molecule has 1 amide bonds. The van der Waals surface area contributed by atoms with E-state index in [2.05, 4.69) is 17.4 Å². The first kappa shape index (κ1) is 15.8. The number of fused-ring (bicyclic) bond motifs is 1. The van der Waals surface area contributed by atoms with Crippen LogP contribution in [0.2, 0.25) is 5.02 Å². The first-order valence-electron chi connectivity index (χ1n) is 7.62. The molecule has 120 valence electrons.